The number of aromatic hydroxyl groups is 1. The molecule has 1 unspecified atom stereocenters. The third-order valence-corrected chi connectivity index (χ3v) is 7.48. The number of thiazole rings is 1. The average Bonchev–Trinajstić information content (AvgIpc) is 3.18. The summed E-state index contributed by atoms with van der Waals surface area (Å²) >= 11 is 1.40. The van der Waals surface area contributed by atoms with E-state index in [9.17, 15) is 9.90 Å². The number of hydrogen-bond donors (Lipinski definition) is 1. The summed E-state index contributed by atoms with van der Waals surface area (Å²) in [6.07, 6.45) is 3.65. The maximum absolute atomic E-state index is 13.7. The van der Waals surface area contributed by atoms with Crippen LogP contribution in [0.2, 0.25) is 0 Å². The Bertz CT molecular complexity index is 1610. The number of methoxy groups -OCH3 is 1. The van der Waals surface area contributed by atoms with Gasteiger partial charge in [0.2, 0.25) is 0 Å². The summed E-state index contributed by atoms with van der Waals surface area (Å²) in [5.41, 5.74) is 6.45. The van der Waals surface area contributed by atoms with E-state index in [1.165, 1.54) is 22.5 Å². The van der Waals surface area contributed by atoms with Gasteiger partial charge in [0.25, 0.3) is 5.56 Å². The lowest BCUT2D eigenvalue weighted by Gasteiger charge is -2.30. The first kappa shape index (κ1) is 20.7. The van der Waals surface area contributed by atoms with Crippen molar-refractivity contribution in [2.45, 2.75) is 18.9 Å². The molecule has 4 aromatic rings. The standard InChI is InChI=1S/C28H22N2O3S/c1-33-21-13-8-19(9-14-21)26-23-15-10-18-4-2-3-5-22(18)25(23)29-28-30(26)27(32)24(34-28)16-17-6-11-20(31)12-7-17/h2-9,11-14,16,26,31H,10,15H2,1H3. The van der Waals surface area contributed by atoms with Gasteiger partial charge in [-0.3, -0.25) is 9.36 Å². The maximum atomic E-state index is 13.7. The van der Waals surface area contributed by atoms with E-state index in [1.54, 1.807) is 31.4 Å². The fourth-order valence-corrected chi connectivity index (χ4v) is 5.83. The van der Waals surface area contributed by atoms with Crippen molar-refractivity contribution in [2.24, 2.45) is 4.99 Å². The van der Waals surface area contributed by atoms with Crippen LogP contribution < -0.4 is 19.6 Å². The number of aromatic nitrogens is 1. The molecule has 0 radical (unpaired) electrons. The molecule has 0 spiro atoms. The molecule has 1 N–H and O–H groups in total. The Hall–Kier alpha value is -3.90. The minimum atomic E-state index is -0.215. The molecule has 6 rings (SSSR count). The Morgan fingerprint density at radius 2 is 1.79 bits per heavy atom. The van der Waals surface area contributed by atoms with E-state index in [1.807, 2.05) is 41.0 Å². The predicted molar refractivity (Wildman–Crippen MR) is 134 cm³/mol. The lowest BCUT2D eigenvalue weighted by atomic mass is 9.83. The van der Waals surface area contributed by atoms with Crippen LogP contribution in [0.1, 0.15) is 34.7 Å². The number of rotatable bonds is 3. The molecule has 0 saturated heterocycles. The highest BCUT2D eigenvalue weighted by molar-refractivity contribution is 7.07. The predicted octanol–water partition coefficient (Wildman–Crippen LogP) is 4.03. The maximum Gasteiger partial charge on any atom is 0.271 e. The number of ether oxygens (including phenoxy) is 1. The Balaban J connectivity index is 1.60. The number of fused-ring (bicyclic) bond motifs is 3. The summed E-state index contributed by atoms with van der Waals surface area (Å²) in [4.78, 5) is 19.4. The van der Waals surface area contributed by atoms with E-state index in [2.05, 4.69) is 18.2 Å². The molecule has 1 aromatic heterocycles. The summed E-state index contributed by atoms with van der Waals surface area (Å²) in [5.74, 6) is 0.983. The highest BCUT2D eigenvalue weighted by Crippen LogP contribution is 2.41. The smallest absolute Gasteiger partial charge is 0.271 e. The minimum absolute atomic E-state index is 0.0527. The number of phenolic OH excluding ortho intramolecular Hbond substituents is 1. The first-order valence-corrected chi connectivity index (χ1v) is 12.0. The number of benzene rings is 3. The zero-order valence-electron chi connectivity index (χ0n) is 18.6. The van der Waals surface area contributed by atoms with Crippen molar-refractivity contribution in [1.29, 1.82) is 0 Å². The van der Waals surface area contributed by atoms with E-state index in [0.717, 1.165) is 41.0 Å². The molecule has 6 heteroatoms. The van der Waals surface area contributed by atoms with E-state index in [0.29, 0.717) is 9.33 Å². The summed E-state index contributed by atoms with van der Waals surface area (Å²) in [6, 6.07) is 23.0. The van der Waals surface area contributed by atoms with E-state index >= 15 is 0 Å². The van der Waals surface area contributed by atoms with Crippen LogP contribution >= 0.6 is 11.3 Å². The van der Waals surface area contributed by atoms with Gasteiger partial charge in [0.15, 0.2) is 4.80 Å². The molecule has 2 heterocycles. The molecule has 1 aliphatic heterocycles. The second kappa shape index (κ2) is 8.15. The monoisotopic (exact) mass is 466 g/mol. The van der Waals surface area contributed by atoms with Crippen LogP contribution in [0, 0.1) is 0 Å². The van der Waals surface area contributed by atoms with Gasteiger partial charge in [-0.2, -0.15) is 0 Å². The second-order valence-corrected chi connectivity index (χ2v) is 9.49. The van der Waals surface area contributed by atoms with Crippen LogP contribution in [-0.4, -0.2) is 16.8 Å². The van der Waals surface area contributed by atoms with Crippen molar-refractivity contribution >= 4 is 23.1 Å². The number of nitrogens with zero attached hydrogens (tertiary/aromatic N) is 2. The molecule has 0 saturated carbocycles. The Morgan fingerprint density at radius 3 is 2.56 bits per heavy atom. The van der Waals surface area contributed by atoms with Gasteiger partial charge in [-0.05, 0) is 65.4 Å². The molecule has 5 nitrogen and oxygen atoms in total. The van der Waals surface area contributed by atoms with Crippen molar-refractivity contribution < 1.29 is 9.84 Å². The highest BCUT2D eigenvalue weighted by Gasteiger charge is 2.32. The third kappa shape index (κ3) is 3.38. The first-order valence-electron chi connectivity index (χ1n) is 11.2. The van der Waals surface area contributed by atoms with Crippen LogP contribution in [-0.2, 0) is 6.42 Å². The minimum Gasteiger partial charge on any atom is -0.508 e. The summed E-state index contributed by atoms with van der Waals surface area (Å²) in [5, 5.41) is 9.60. The van der Waals surface area contributed by atoms with Gasteiger partial charge in [0, 0.05) is 5.56 Å². The van der Waals surface area contributed by atoms with Crippen molar-refractivity contribution in [1.82, 2.24) is 4.57 Å². The van der Waals surface area contributed by atoms with E-state index in [-0.39, 0.29) is 17.4 Å². The largest absolute Gasteiger partial charge is 0.508 e. The fraction of sp³-hybridized carbons (Fsp3) is 0.143. The molecular formula is C28H22N2O3S. The lowest BCUT2D eigenvalue weighted by Crippen LogP contribution is -2.38. The first-order chi connectivity index (χ1) is 16.6. The van der Waals surface area contributed by atoms with E-state index in [4.69, 9.17) is 9.73 Å². The van der Waals surface area contributed by atoms with Crippen LogP contribution in [0.5, 0.6) is 11.5 Å². The zero-order chi connectivity index (χ0) is 23.2. The molecule has 3 aromatic carbocycles. The molecule has 0 bridgehead atoms. The van der Waals surface area contributed by atoms with Crippen molar-refractivity contribution in [3.05, 3.63) is 120 Å². The normalized spacial score (nSPS) is 17.0. The lowest BCUT2D eigenvalue weighted by molar-refractivity contribution is 0.414. The van der Waals surface area contributed by atoms with Crippen LogP contribution in [0.25, 0.3) is 11.8 Å². The molecule has 2 aliphatic rings. The number of aryl methyl sites for hydroxylation is 1. The van der Waals surface area contributed by atoms with Crippen molar-refractivity contribution in [3.8, 4) is 11.5 Å². The summed E-state index contributed by atoms with van der Waals surface area (Å²) < 4.78 is 7.82. The summed E-state index contributed by atoms with van der Waals surface area (Å²) in [6.45, 7) is 0. The van der Waals surface area contributed by atoms with Gasteiger partial charge >= 0.3 is 0 Å². The number of hydrogen-bond acceptors (Lipinski definition) is 5. The molecule has 0 amide bonds. The van der Waals surface area contributed by atoms with Gasteiger partial charge in [-0.15, -0.1) is 0 Å². The Labute approximate surface area is 200 Å². The summed E-state index contributed by atoms with van der Waals surface area (Å²) in [7, 11) is 1.65. The number of phenols is 1. The molecule has 34 heavy (non-hydrogen) atoms. The van der Waals surface area contributed by atoms with Gasteiger partial charge in [-0.25, -0.2) is 4.99 Å². The van der Waals surface area contributed by atoms with Crippen LogP contribution in [0.4, 0.5) is 0 Å². The Kier molecular flexibility index (Phi) is 4.96. The Morgan fingerprint density at radius 1 is 1.03 bits per heavy atom. The molecular weight excluding hydrogens is 444 g/mol. The molecule has 1 aliphatic carbocycles. The topological polar surface area (TPSA) is 63.8 Å². The SMILES string of the molecule is COc1ccc(C2C3=C(N=c4sc(=Cc5ccc(O)cc5)c(=O)n42)c2ccccc2CC3)cc1. The number of allylic oxidation sites excluding steroid dienone is 1. The van der Waals surface area contributed by atoms with Gasteiger partial charge < -0.3 is 9.84 Å². The molecule has 0 fully saturated rings. The average molecular weight is 467 g/mol. The zero-order valence-corrected chi connectivity index (χ0v) is 19.4. The molecule has 1 atom stereocenters. The van der Waals surface area contributed by atoms with Gasteiger partial charge in [0.1, 0.15) is 11.5 Å². The highest BCUT2D eigenvalue weighted by atomic mass is 32.1. The van der Waals surface area contributed by atoms with Gasteiger partial charge in [0.05, 0.1) is 23.4 Å². The van der Waals surface area contributed by atoms with E-state index < -0.39 is 0 Å². The van der Waals surface area contributed by atoms with Crippen molar-refractivity contribution in [2.75, 3.05) is 7.11 Å². The van der Waals surface area contributed by atoms with Gasteiger partial charge in [-0.1, -0.05) is 59.9 Å². The van der Waals surface area contributed by atoms with Crippen molar-refractivity contribution in [3.63, 3.8) is 0 Å². The second-order valence-electron chi connectivity index (χ2n) is 8.48. The van der Waals surface area contributed by atoms with Crippen LogP contribution in [0.15, 0.2) is 88.2 Å². The third-order valence-electron chi connectivity index (χ3n) is 6.50. The fourth-order valence-electron chi connectivity index (χ4n) is 4.83. The molecule has 168 valence electrons. The quantitative estimate of drug-likeness (QED) is 0.496. The van der Waals surface area contributed by atoms with Crippen LogP contribution in [0.3, 0.4) is 0 Å².